The Hall–Kier alpha value is -3.20. The lowest BCUT2D eigenvalue weighted by atomic mass is 10.1. The van der Waals surface area contributed by atoms with Gasteiger partial charge in [0.05, 0.1) is 11.5 Å². The van der Waals surface area contributed by atoms with Gasteiger partial charge < -0.3 is 5.11 Å². The van der Waals surface area contributed by atoms with Gasteiger partial charge in [-0.25, -0.2) is 18.4 Å². The molecule has 0 saturated carbocycles. The zero-order valence-corrected chi connectivity index (χ0v) is 12.7. The van der Waals surface area contributed by atoms with E-state index in [0.717, 1.165) is 18.2 Å². The van der Waals surface area contributed by atoms with Crippen molar-refractivity contribution in [1.29, 1.82) is 0 Å². The molecule has 0 fully saturated rings. The van der Waals surface area contributed by atoms with Gasteiger partial charge in [0.1, 0.15) is 24.1 Å². The summed E-state index contributed by atoms with van der Waals surface area (Å²) >= 11 is 0. The van der Waals surface area contributed by atoms with Gasteiger partial charge in [0.25, 0.3) is 5.69 Å². The average molecular weight is 346 g/mol. The second-order valence-electron chi connectivity index (χ2n) is 5.28. The zero-order chi connectivity index (χ0) is 18.0. The number of aliphatic hydroxyl groups excluding tert-OH is 1. The molecule has 7 nitrogen and oxygen atoms in total. The summed E-state index contributed by atoms with van der Waals surface area (Å²) in [5, 5.41) is 24.9. The van der Waals surface area contributed by atoms with Crippen LogP contribution in [-0.4, -0.2) is 24.8 Å². The highest BCUT2D eigenvalue weighted by atomic mass is 19.1. The molecule has 0 aliphatic heterocycles. The van der Waals surface area contributed by atoms with Crippen LogP contribution in [0.3, 0.4) is 0 Å². The summed E-state index contributed by atoms with van der Waals surface area (Å²) in [5.74, 6) is -1.08. The number of aromatic nitrogens is 3. The minimum Gasteiger partial charge on any atom is -0.386 e. The number of hydrogen-bond acceptors (Lipinski definition) is 5. The molecule has 9 heteroatoms. The molecule has 0 aliphatic carbocycles. The van der Waals surface area contributed by atoms with E-state index < -0.39 is 22.7 Å². The number of hydrogen-bond donors (Lipinski definition) is 1. The molecule has 1 atom stereocenters. The minimum absolute atomic E-state index is 0.0554. The minimum atomic E-state index is -1.30. The summed E-state index contributed by atoms with van der Waals surface area (Å²) in [7, 11) is 0. The molecule has 0 aliphatic rings. The maximum Gasteiger partial charge on any atom is 0.269 e. The van der Waals surface area contributed by atoms with Crippen LogP contribution in [0.15, 0.2) is 48.8 Å². The van der Waals surface area contributed by atoms with Gasteiger partial charge >= 0.3 is 0 Å². The fraction of sp³-hybridized carbons (Fsp3) is 0.125. The van der Waals surface area contributed by atoms with Gasteiger partial charge in [0.2, 0.25) is 0 Å². The fourth-order valence-corrected chi connectivity index (χ4v) is 2.29. The van der Waals surface area contributed by atoms with Crippen LogP contribution in [-0.2, 0) is 6.54 Å². The van der Waals surface area contributed by atoms with Crippen molar-refractivity contribution in [3.05, 3.63) is 76.1 Å². The first-order valence-corrected chi connectivity index (χ1v) is 7.21. The molecule has 128 valence electrons. The first-order valence-electron chi connectivity index (χ1n) is 7.21. The highest BCUT2D eigenvalue weighted by Crippen LogP contribution is 2.22. The Bertz CT molecular complexity index is 912. The quantitative estimate of drug-likeness (QED) is 0.566. The first-order chi connectivity index (χ1) is 11.9. The number of non-ortho nitro benzene ring substituents is 1. The van der Waals surface area contributed by atoms with Gasteiger partial charge in [-0.1, -0.05) is 0 Å². The Morgan fingerprint density at radius 2 is 1.92 bits per heavy atom. The van der Waals surface area contributed by atoms with Crippen molar-refractivity contribution in [2.45, 2.75) is 12.6 Å². The lowest BCUT2D eigenvalue weighted by Gasteiger charge is -2.11. The van der Waals surface area contributed by atoms with Crippen molar-refractivity contribution in [2.24, 2.45) is 0 Å². The van der Waals surface area contributed by atoms with Crippen molar-refractivity contribution in [3.63, 3.8) is 0 Å². The Morgan fingerprint density at radius 1 is 1.20 bits per heavy atom. The van der Waals surface area contributed by atoms with Crippen molar-refractivity contribution in [1.82, 2.24) is 14.8 Å². The molecule has 1 unspecified atom stereocenters. The number of nitro benzene ring substituents is 1. The van der Waals surface area contributed by atoms with E-state index in [1.54, 1.807) is 0 Å². The third-order valence-electron chi connectivity index (χ3n) is 3.55. The number of halogens is 2. The highest BCUT2D eigenvalue weighted by molar-refractivity contribution is 5.56. The molecule has 25 heavy (non-hydrogen) atoms. The molecule has 0 saturated heterocycles. The maximum absolute atomic E-state index is 13.7. The summed E-state index contributed by atoms with van der Waals surface area (Å²) in [6.45, 7) is -0.125. The second kappa shape index (κ2) is 6.73. The monoisotopic (exact) mass is 346 g/mol. The van der Waals surface area contributed by atoms with Crippen LogP contribution in [0.4, 0.5) is 14.5 Å². The molecular formula is C16H12F2N4O3. The SMILES string of the molecule is O=[N+]([O-])c1ccc(-c2ncn(CC(O)c3cc(F)ccc3F)n2)cc1. The van der Waals surface area contributed by atoms with Gasteiger partial charge in [0.15, 0.2) is 5.82 Å². The van der Waals surface area contributed by atoms with Gasteiger partial charge in [-0.2, -0.15) is 5.10 Å². The number of nitro groups is 1. The largest absolute Gasteiger partial charge is 0.386 e. The number of benzene rings is 2. The number of aliphatic hydroxyl groups is 1. The molecule has 0 bridgehead atoms. The van der Waals surface area contributed by atoms with Crippen LogP contribution in [0.5, 0.6) is 0 Å². The predicted octanol–water partition coefficient (Wildman–Crippen LogP) is 2.87. The Morgan fingerprint density at radius 3 is 2.60 bits per heavy atom. The third-order valence-corrected chi connectivity index (χ3v) is 3.55. The summed E-state index contributed by atoms with van der Waals surface area (Å²) in [4.78, 5) is 14.2. The smallest absolute Gasteiger partial charge is 0.269 e. The van der Waals surface area contributed by atoms with Crippen LogP contribution in [0.2, 0.25) is 0 Å². The van der Waals surface area contributed by atoms with E-state index in [1.807, 2.05) is 0 Å². The predicted molar refractivity (Wildman–Crippen MR) is 83.4 cm³/mol. The van der Waals surface area contributed by atoms with Crippen molar-refractivity contribution in [3.8, 4) is 11.4 Å². The molecular weight excluding hydrogens is 334 g/mol. The summed E-state index contributed by atoms with van der Waals surface area (Å²) in [6, 6.07) is 8.49. The summed E-state index contributed by atoms with van der Waals surface area (Å²) in [6.07, 6.45) is 0.0269. The fourth-order valence-electron chi connectivity index (χ4n) is 2.29. The van der Waals surface area contributed by atoms with Gasteiger partial charge in [0, 0.05) is 23.3 Å². The summed E-state index contributed by atoms with van der Waals surface area (Å²) in [5.41, 5.74) is 0.323. The average Bonchev–Trinajstić information content (AvgIpc) is 3.05. The van der Waals surface area contributed by atoms with Crippen LogP contribution in [0.1, 0.15) is 11.7 Å². The third kappa shape index (κ3) is 3.66. The van der Waals surface area contributed by atoms with Crippen LogP contribution >= 0.6 is 0 Å². The van der Waals surface area contributed by atoms with Crippen molar-refractivity contribution in [2.75, 3.05) is 0 Å². The van der Waals surface area contributed by atoms with Crippen molar-refractivity contribution < 1.29 is 18.8 Å². The van der Waals surface area contributed by atoms with Gasteiger partial charge in [-0.3, -0.25) is 10.1 Å². The Labute approximate surface area is 140 Å². The molecule has 1 aromatic heterocycles. The molecule has 0 radical (unpaired) electrons. The van der Waals surface area contributed by atoms with E-state index in [2.05, 4.69) is 10.1 Å². The number of nitrogens with zero attached hydrogens (tertiary/aromatic N) is 4. The zero-order valence-electron chi connectivity index (χ0n) is 12.7. The normalized spacial score (nSPS) is 12.1. The van der Waals surface area contributed by atoms with E-state index >= 15 is 0 Å². The van der Waals surface area contributed by atoms with E-state index in [-0.39, 0.29) is 17.8 Å². The number of rotatable bonds is 5. The second-order valence-corrected chi connectivity index (χ2v) is 5.28. The van der Waals surface area contributed by atoms with Gasteiger partial charge in [-0.05, 0) is 30.3 Å². The molecule has 1 N–H and O–H groups in total. The maximum atomic E-state index is 13.7. The molecule has 3 aromatic rings. The topological polar surface area (TPSA) is 94.1 Å². The standard InChI is InChI=1S/C16H12F2N4O3/c17-11-3-6-14(18)13(7-11)15(23)8-21-9-19-16(20-21)10-1-4-12(5-2-10)22(24)25/h1-7,9,15,23H,8H2. The molecule has 0 spiro atoms. The summed E-state index contributed by atoms with van der Waals surface area (Å²) < 4.78 is 28.2. The van der Waals surface area contributed by atoms with Crippen LogP contribution < -0.4 is 0 Å². The first kappa shape index (κ1) is 16.7. The van der Waals surface area contributed by atoms with Crippen LogP contribution in [0, 0.1) is 21.7 Å². The van der Waals surface area contributed by atoms with E-state index in [9.17, 15) is 24.0 Å². The van der Waals surface area contributed by atoms with E-state index in [4.69, 9.17) is 0 Å². The van der Waals surface area contributed by atoms with E-state index in [0.29, 0.717) is 11.4 Å². The Balaban J connectivity index is 1.77. The lowest BCUT2D eigenvalue weighted by Crippen LogP contribution is -2.11. The van der Waals surface area contributed by atoms with Crippen LogP contribution in [0.25, 0.3) is 11.4 Å². The molecule has 3 rings (SSSR count). The molecule has 0 amide bonds. The highest BCUT2D eigenvalue weighted by Gasteiger charge is 2.16. The van der Waals surface area contributed by atoms with E-state index in [1.165, 1.54) is 35.3 Å². The Kier molecular flexibility index (Phi) is 4.48. The van der Waals surface area contributed by atoms with Crippen molar-refractivity contribution >= 4 is 5.69 Å². The van der Waals surface area contributed by atoms with Gasteiger partial charge in [-0.15, -0.1) is 0 Å². The lowest BCUT2D eigenvalue weighted by molar-refractivity contribution is -0.384. The molecule has 1 heterocycles. The molecule has 2 aromatic carbocycles.